The molecule has 0 N–H and O–H groups in total. The Morgan fingerprint density at radius 3 is 0.152 bits per heavy atom. The molecule has 0 aliphatic carbocycles. The molecular weight excluding hydrogens is 3630 g/mol. The van der Waals surface area contributed by atoms with Gasteiger partial charge in [0.05, 0.1) is 0 Å². The third-order valence-electron chi connectivity index (χ3n) is 11.6. The molecule has 0 saturated carbocycles. The average Bonchev–Trinajstić information content (AvgIpc) is 3.33. The molecule has 0 aliphatic rings. The Morgan fingerprint density at radius 2 is 0.143 bits per heavy atom. The van der Waals surface area contributed by atoms with E-state index in [9.17, 15) is 0 Å². The molecular formula is C78H212O11Si11W12-12. The molecule has 0 saturated heterocycles. The van der Waals surface area contributed by atoms with Crippen LogP contribution in [0.1, 0.15) is 0 Å². The minimum Gasteiger partial charge on any atom is -0.385 e. The monoisotopic (exact) mass is 3840 g/mol. The van der Waals surface area contributed by atoms with Crippen molar-refractivity contribution in [3.63, 3.8) is 0 Å². The second kappa shape index (κ2) is 147. The van der Waals surface area contributed by atoms with Crippen molar-refractivity contribution < 1.29 is 305 Å². The molecule has 0 atom stereocenters. The molecule has 0 amide bonds. The fraction of sp³-hybridized carbons (Fsp3) is 0.846. The third kappa shape index (κ3) is 402. The second-order valence-corrected chi connectivity index (χ2v) is 98.2. The topological polar surface area (TPSA) is 102 Å². The molecule has 34 heteroatoms. The first-order valence-corrected chi connectivity index (χ1v) is 74.3. The van der Waals surface area contributed by atoms with E-state index in [4.69, 9.17) is 52.1 Å². The zero-order valence-corrected chi connectivity index (χ0v) is 133. The third-order valence-corrected chi connectivity index (χ3v) is 30.4. The van der Waals surface area contributed by atoms with E-state index in [2.05, 4.69) is 216 Å². The van der Waals surface area contributed by atoms with Crippen molar-refractivity contribution in [1.29, 1.82) is 0 Å². The summed E-state index contributed by atoms with van der Waals surface area (Å²) in [6.45, 7) is 88.0. The summed E-state index contributed by atoms with van der Waals surface area (Å²) in [6, 6.07) is 14.1. The minimum atomic E-state index is -0.803. The van der Waals surface area contributed by atoms with Crippen LogP contribution in [0.2, 0.25) is 283 Å². The molecule has 0 aliphatic heterocycles. The molecule has 0 unspecified atom stereocenters. The van der Waals surface area contributed by atoms with Crippen molar-refractivity contribution in [3.05, 3.63) is 89.1 Å². The normalized spacial score (nSPS) is 9.43. The van der Waals surface area contributed by atoms with Gasteiger partial charge in [-0.05, 0) is 66.5 Å². The van der Waals surface area contributed by atoms with E-state index in [0.717, 1.165) is 72.7 Å². The molecule has 0 spiro atoms. The van der Waals surface area contributed by atoms with Crippen molar-refractivity contribution in [1.82, 2.24) is 0 Å². The summed E-state index contributed by atoms with van der Waals surface area (Å²) in [5, 5.41) is 0. The maximum absolute atomic E-state index is 4.95. The van der Waals surface area contributed by atoms with Gasteiger partial charge >= 0.3 is 0 Å². The standard InChI is InChI=1S/11C6H16OSi.12CH3.12W/c11*1-7-5-6-8(2,3)4;;;;;;;;;;;;;;;;;;;;;;;;/h11*5-6H2,1-4H3;12*1H3;;;;;;;;;;;;/q;;;;;;;;;;;12*-1;;;;;;;;;;;;. The molecule has 0 bridgehead atoms. The molecule has 0 rings (SSSR count). The Morgan fingerprint density at radius 1 is 0.107 bits per heavy atom. The molecule has 0 fully saturated rings. The molecule has 0 aromatic heterocycles. The molecule has 0 heterocycles. The van der Waals surface area contributed by atoms with Gasteiger partial charge in [0.15, 0.2) is 0 Å². The SMILES string of the molecule is COCC[Si](C)(C)C.COCC[Si](C)(C)C.COCC[Si](C)(C)C.COCC[Si](C)(C)C.COCC[Si](C)(C)C.COCC[Si](C)(C)C.COCC[Si](C)(C)C.COCC[Si](C)(C)C.COCC[Si](C)(C)C.COCC[Si](C)(C)C.COCC[Si](C)(C)C.[CH3-].[CH3-].[CH3-].[CH3-].[CH3-].[CH3-].[CH3-].[CH3-].[CH3-].[CH3-].[CH3-].[CH3-].[W].[W].[W].[W].[W].[W].[W].[W].[W].[W].[W].[W]. The predicted octanol–water partition coefficient (Wildman–Crippen LogP) is 27.1. The zero-order chi connectivity index (χ0) is 72.8. The van der Waals surface area contributed by atoms with E-state index >= 15 is 0 Å². The van der Waals surface area contributed by atoms with Crippen molar-refractivity contribution >= 4 is 88.8 Å². The molecule has 0 aromatic rings. The molecule has 0 aromatic carbocycles. The summed E-state index contributed by atoms with van der Waals surface area (Å²) in [7, 11) is 10.6. The quantitative estimate of drug-likeness (QED) is 0.0464. The zero-order valence-electron chi connectivity index (χ0n) is 86.4. The van der Waals surface area contributed by atoms with Gasteiger partial charge in [-0.2, -0.15) is 0 Å². The Labute approximate surface area is 903 Å². The summed E-state index contributed by atoms with van der Waals surface area (Å²) >= 11 is 0. The van der Waals surface area contributed by atoms with Gasteiger partial charge < -0.3 is 141 Å². The number of rotatable bonds is 33. The van der Waals surface area contributed by atoms with Crippen LogP contribution in [-0.2, 0) is 305 Å². The van der Waals surface area contributed by atoms with Gasteiger partial charge in [0.1, 0.15) is 0 Å². The van der Waals surface area contributed by atoms with Gasteiger partial charge in [-0.25, -0.2) is 0 Å². The van der Waals surface area contributed by atoms with E-state index in [1.54, 1.807) is 78.2 Å². The van der Waals surface area contributed by atoms with Crippen LogP contribution < -0.4 is 0 Å². The Kier molecular flexibility index (Phi) is 310. The first-order valence-electron chi connectivity index (χ1n) is 33.6. The molecule has 0 radical (unpaired) electrons. The average molecular weight is 3840 g/mol. The van der Waals surface area contributed by atoms with E-state index in [0.29, 0.717) is 0 Å². The van der Waals surface area contributed by atoms with Gasteiger partial charge in [0, 0.05) is 492 Å². The Hall–Kier alpha value is 10.2. The van der Waals surface area contributed by atoms with Gasteiger partial charge in [-0.15, -0.1) is 0 Å². The number of hydrogen-bond donors (Lipinski definition) is 0. The van der Waals surface area contributed by atoms with Crippen LogP contribution in [0.15, 0.2) is 0 Å². The Bertz CT molecular complexity index is 1020. The van der Waals surface area contributed by atoms with Crippen molar-refractivity contribution in [2.45, 2.75) is 283 Å². The van der Waals surface area contributed by atoms with Crippen LogP contribution in [0, 0.1) is 89.1 Å². The van der Waals surface area contributed by atoms with Crippen LogP contribution in [0.25, 0.3) is 0 Å². The summed E-state index contributed by atoms with van der Waals surface area (Å²) in [5.41, 5.74) is 0. The van der Waals surface area contributed by atoms with E-state index in [1.807, 2.05) is 0 Å². The largest absolute Gasteiger partial charge is 0.385 e. The number of ether oxygens (including phenoxy) is 11. The van der Waals surface area contributed by atoms with E-state index < -0.39 is 88.8 Å². The van der Waals surface area contributed by atoms with Gasteiger partial charge in [0.2, 0.25) is 0 Å². The smallest absolute Gasteiger partial charge is 0.0466 e. The summed E-state index contributed by atoms with van der Waals surface area (Å²) in [6.07, 6.45) is 0. The van der Waals surface area contributed by atoms with Crippen LogP contribution in [0.3, 0.4) is 0 Å². The van der Waals surface area contributed by atoms with Gasteiger partial charge in [-0.1, -0.05) is 216 Å². The maximum Gasteiger partial charge on any atom is 0.0466 e. The van der Waals surface area contributed by atoms with Gasteiger partial charge in [-0.3, -0.25) is 0 Å². The van der Waals surface area contributed by atoms with Crippen LogP contribution >= 0.6 is 0 Å². The summed E-state index contributed by atoms with van der Waals surface area (Å²) < 4.78 is 54.5. The summed E-state index contributed by atoms with van der Waals surface area (Å²) in [4.78, 5) is 0. The fourth-order valence-electron chi connectivity index (χ4n) is 4.49. The first-order chi connectivity index (χ1) is 39.2. The predicted molar refractivity (Wildman–Crippen MR) is 517 cm³/mol. The van der Waals surface area contributed by atoms with Crippen molar-refractivity contribution in [2.24, 2.45) is 0 Å². The van der Waals surface area contributed by atoms with Crippen molar-refractivity contribution in [3.8, 4) is 0 Å². The van der Waals surface area contributed by atoms with Crippen molar-refractivity contribution in [2.75, 3.05) is 151 Å². The molecule has 11 nitrogen and oxygen atoms in total. The number of hydrogen-bond acceptors (Lipinski definition) is 11. The molecule has 718 valence electrons. The summed E-state index contributed by atoms with van der Waals surface area (Å²) in [5.74, 6) is 0. The van der Waals surface area contributed by atoms with Crippen LogP contribution in [0.4, 0.5) is 0 Å². The minimum absolute atomic E-state index is 0. The van der Waals surface area contributed by atoms with E-state index in [1.165, 1.54) is 66.5 Å². The second-order valence-electron chi connectivity index (χ2n) is 36.3. The Balaban J connectivity index is -0.0000000173. The van der Waals surface area contributed by atoms with E-state index in [-0.39, 0.29) is 342 Å². The maximum atomic E-state index is 4.95. The van der Waals surface area contributed by atoms with Crippen LogP contribution in [-0.4, -0.2) is 240 Å². The van der Waals surface area contributed by atoms with Crippen LogP contribution in [0.5, 0.6) is 0 Å². The number of methoxy groups -OCH3 is 11. The fourth-order valence-corrected chi connectivity index (χ4v) is 13.5. The molecule has 112 heavy (non-hydrogen) atoms. The first kappa shape index (κ1) is 236. The van der Waals surface area contributed by atoms with Gasteiger partial charge in [0.25, 0.3) is 0 Å².